The summed E-state index contributed by atoms with van der Waals surface area (Å²) in [6.45, 7) is 0. The molecule has 2 N–H and O–H groups in total. The van der Waals surface area contributed by atoms with E-state index >= 15 is 0 Å². The Morgan fingerprint density at radius 2 is 2.04 bits per heavy atom. The Labute approximate surface area is 137 Å². The van der Waals surface area contributed by atoms with Crippen molar-refractivity contribution in [2.75, 3.05) is 5.32 Å². The van der Waals surface area contributed by atoms with Gasteiger partial charge in [-0.2, -0.15) is 5.10 Å². The van der Waals surface area contributed by atoms with Gasteiger partial charge < -0.3 is 9.73 Å². The molecule has 0 aliphatic heterocycles. The summed E-state index contributed by atoms with van der Waals surface area (Å²) in [5.41, 5.74) is 4.74. The lowest BCUT2D eigenvalue weighted by molar-refractivity contribution is -0.115. The molecule has 6 nitrogen and oxygen atoms in total. The van der Waals surface area contributed by atoms with Crippen LogP contribution in [0.25, 0.3) is 22.4 Å². The van der Waals surface area contributed by atoms with Crippen LogP contribution in [0.3, 0.4) is 0 Å². The van der Waals surface area contributed by atoms with Gasteiger partial charge >= 0.3 is 0 Å². The van der Waals surface area contributed by atoms with Gasteiger partial charge in [0.05, 0.1) is 24.0 Å². The van der Waals surface area contributed by atoms with Gasteiger partial charge in [-0.1, -0.05) is 36.4 Å². The van der Waals surface area contributed by atoms with Gasteiger partial charge in [0.2, 0.25) is 5.91 Å². The molecule has 24 heavy (non-hydrogen) atoms. The lowest BCUT2D eigenvalue weighted by Crippen LogP contribution is -2.14. The first-order valence-corrected chi connectivity index (χ1v) is 7.50. The van der Waals surface area contributed by atoms with Crippen molar-refractivity contribution >= 4 is 22.7 Å². The maximum Gasteiger partial charge on any atom is 0.228 e. The third-order valence-electron chi connectivity index (χ3n) is 3.74. The fourth-order valence-electron chi connectivity index (χ4n) is 2.60. The molecule has 118 valence electrons. The standard InChI is InChI=1S/C18H14N4O2/c23-17(9-12-6-7-16-14(8-12)19-11-24-16)21-15-10-20-22-18(15)13-4-2-1-3-5-13/h1-8,10-11H,9H2,(H,20,22)(H,21,23). The number of aromatic nitrogens is 3. The van der Waals surface area contributed by atoms with Crippen LogP contribution in [-0.4, -0.2) is 21.1 Å². The average molecular weight is 318 g/mol. The number of rotatable bonds is 4. The van der Waals surface area contributed by atoms with Crippen LogP contribution in [0.4, 0.5) is 5.69 Å². The summed E-state index contributed by atoms with van der Waals surface area (Å²) in [5.74, 6) is -0.114. The molecular weight excluding hydrogens is 304 g/mol. The molecule has 0 unspecified atom stereocenters. The highest BCUT2D eigenvalue weighted by Crippen LogP contribution is 2.25. The molecule has 0 aliphatic carbocycles. The molecule has 0 aliphatic rings. The van der Waals surface area contributed by atoms with Gasteiger partial charge in [-0.3, -0.25) is 9.89 Å². The first-order valence-electron chi connectivity index (χ1n) is 7.50. The Kier molecular flexibility index (Phi) is 3.55. The number of hydrogen-bond donors (Lipinski definition) is 2. The first kappa shape index (κ1) is 14.2. The minimum absolute atomic E-state index is 0.114. The molecule has 1 amide bonds. The van der Waals surface area contributed by atoms with E-state index in [0.29, 0.717) is 11.3 Å². The quantitative estimate of drug-likeness (QED) is 0.604. The second kappa shape index (κ2) is 6.00. The Morgan fingerprint density at radius 3 is 2.92 bits per heavy atom. The third kappa shape index (κ3) is 2.77. The van der Waals surface area contributed by atoms with Crippen LogP contribution in [0.15, 0.2) is 65.5 Å². The van der Waals surface area contributed by atoms with Crippen molar-refractivity contribution in [3.05, 3.63) is 66.7 Å². The molecular formula is C18H14N4O2. The highest BCUT2D eigenvalue weighted by molar-refractivity contribution is 5.96. The van der Waals surface area contributed by atoms with Gasteiger partial charge in [-0.15, -0.1) is 0 Å². The number of H-pyrrole nitrogens is 1. The maximum absolute atomic E-state index is 12.3. The number of anilines is 1. The maximum atomic E-state index is 12.3. The molecule has 4 rings (SSSR count). The molecule has 0 radical (unpaired) electrons. The molecule has 2 heterocycles. The monoisotopic (exact) mass is 318 g/mol. The van der Waals surface area contributed by atoms with Crippen LogP contribution in [0.1, 0.15) is 5.56 Å². The topological polar surface area (TPSA) is 83.8 Å². The molecule has 2 aromatic carbocycles. The van der Waals surface area contributed by atoms with Crippen LogP contribution >= 0.6 is 0 Å². The van der Waals surface area contributed by atoms with Crippen LogP contribution in [0.2, 0.25) is 0 Å². The van der Waals surface area contributed by atoms with Crippen molar-refractivity contribution in [3.8, 4) is 11.3 Å². The summed E-state index contributed by atoms with van der Waals surface area (Å²) in [4.78, 5) is 16.4. The molecule has 0 bridgehead atoms. The molecule has 6 heteroatoms. The highest BCUT2D eigenvalue weighted by atomic mass is 16.3. The van der Waals surface area contributed by atoms with E-state index in [1.54, 1.807) is 6.20 Å². The van der Waals surface area contributed by atoms with Gasteiger partial charge in [-0.25, -0.2) is 4.98 Å². The number of carbonyl (C=O) groups is 1. The second-order valence-corrected chi connectivity index (χ2v) is 5.40. The van der Waals surface area contributed by atoms with E-state index < -0.39 is 0 Å². The van der Waals surface area contributed by atoms with E-state index in [1.807, 2.05) is 48.5 Å². The van der Waals surface area contributed by atoms with Gasteiger partial charge in [0.1, 0.15) is 5.52 Å². The number of nitrogens with one attached hydrogen (secondary N) is 2. The summed E-state index contributed by atoms with van der Waals surface area (Å²) in [6, 6.07) is 15.3. The number of nitrogens with zero attached hydrogens (tertiary/aromatic N) is 2. The number of benzene rings is 2. The lowest BCUT2D eigenvalue weighted by Gasteiger charge is -2.06. The van der Waals surface area contributed by atoms with Crippen LogP contribution in [0.5, 0.6) is 0 Å². The molecule has 0 saturated carbocycles. The zero-order valence-electron chi connectivity index (χ0n) is 12.7. The Balaban J connectivity index is 1.51. The van der Waals surface area contributed by atoms with E-state index in [2.05, 4.69) is 20.5 Å². The van der Waals surface area contributed by atoms with Crippen molar-refractivity contribution in [2.45, 2.75) is 6.42 Å². The number of aromatic amines is 1. The number of hydrogen-bond acceptors (Lipinski definition) is 4. The van der Waals surface area contributed by atoms with Crippen molar-refractivity contribution in [2.24, 2.45) is 0 Å². The van der Waals surface area contributed by atoms with Crippen molar-refractivity contribution in [1.82, 2.24) is 15.2 Å². The van der Waals surface area contributed by atoms with E-state index in [4.69, 9.17) is 4.42 Å². The predicted molar refractivity (Wildman–Crippen MR) is 90.4 cm³/mol. The van der Waals surface area contributed by atoms with E-state index in [0.717, 1.165) is 22.3 Å². The minimum Gasteiger partial charge on any atom is -0.443 e. The second-order valence-electron chi connectivity index (χ2n) is 5.40. The Hall–Kier alpha value is -3.41. The van der Waals surface area contributed by atoms with Crippen LogP contribution in [-0.2, 0) is 11.2 Å². The fraction of sp³-hybridized carbons (Fsp3) is 0.0556. The average Bonchev–Trinajstić information content (AvgIpc) is 3.24. The van der Waals surface area contributed by atoms with E-state index in [9.17, 15) is 4.79 Å². The van der Waals surface area contributed by atoms with E-state index in [-0.39, 0.29) is 12.3 Å². The molecule has 4 aromatic rings. The van der Waals surface area contributed by atoms with Crippen molar-refractivity contribution < 1.29 is 9.21 Å². The molecule has 0 fully saturated rings. The smallest absolute Gasteiger partial charge is 0.228 e. The highest BCUT2D eigenvalue weighted by Gasteiger charge is 2.12. The Bertz CT molecular complexity index is 988. The summed E-state index contributed by atoms with van der Waals surface area (Å²) < 4.78 is 5.20. The number of fused-ring (bicyclic) bond motifs is 1. The Morgan fingerprint density at radius 1 is 1.17 bits per heavy atom. The zero-order chi connectivity index (χ0) is 16.4. The molecule has 0 saturated heterocycles. The number of amides is 1. The summed E-state index contributed by atoms with van der Waals surface area (Å²) >= 11 is 0. The lowest BCUT2D eigenvalue weighted by atomic mass is 10.1. The SMILES string of the molecule is O=C(Cc1ccc2ocnc2c1)Nc1cn[nH]c1-c1ccccc1. The summed E-state index contributed by atoms with van der Waals surface area (Å²) in [6.07, 6.45) is 3.26. The molecule has 2 aromatic heterocycles. The zero-order valence-corrected chi connectivity index (χ0v) is 12.7. The fourth-order valence-corrected chi connectivity index (χ4v) is 2.60. The summed E-state index contributed by atoms with van der Waals surface area (Å²) in [5, 5.41) is 9.86. The minimum atomic E-state index is -0.114. The van der Waals surface area contributed by atoms with Crippen molar-refractivity contribution in [3.63, 3.8) is 0 Å². The predicted octanol–water partition coefficient (Wildman–Crippen LogP) is 3.40. The van der Waals surface area contributed by atoms with Crippen molar-refractivity contribution in [1.29, 1.82) is 0 Å². The normalized spacial score (nSPS) is 10.8. The van der Waals surface area contributed by atoms with Gasteiger partial charge in [0.25, 0.3) is 0 Å². The number of oxazole rings is 1. The first-order chi connectivity index (χ1) is 11.8. The van der Waals surface area contributed by atoms with E-state index in [1.165, 1.54) is 6.39 Å². The summed E-state index contributed by atoms with van der Waals surface area (Å²) in [7, 11) is 0. The number of carbonyl (C=O) groups excluding carboxylic acids is 1. The van der Waals surface area contributed by atoms with Crippen LogP contribution in [0, 0.1) is 0 Å². The molecule has 0 atom stereocenters. The molecule has 0 spiro atoms. The van der Waals surface area contributed by atoms with Gasteiger partial charge in [0.15, 0.2) is 12.0 Å². The van der Waals surface area contributed by atoms with Gasteiger partial charge in [0, 0.05) is 5.56 Å². The third-order valence-corrected chi connectivity index (χ3v) is 3.74. The van der Waals surface area contributed by atoms with Gasteiger partial charge in [-0.05, 0) is 17.7 Å². The van der Waals surface area contributed by atoms with Crippen LogP contribution < -0.4 is 5.32 Å². The largest absolute Gasteiger partial charge is 0.443 e.